The first kappa shape index (κ1) is 9.39. The zero-order chi connectivity index (χ0) is 11.1. The number of hydrogen-bond donors (Lipinski definition) is 1. The SMILES string of the molecule is C/C(=N/O)c1ccc2c(c1)ncn2C1CC1. The van der Waals surface area contributed by atoms with Crippen molar-refractivity contribution in [1.29, 1.82) is 0 Å². The first-order valence-electron chi connectivity index (χ1n) is 5.45. The van der Waals surface area contributed by atoms with Crippen LogP contribution in [0.5, 0.6) is 0 Å². The molecule has 0 spiro atoms. The molecule has 0 saturated heterocycles. The molecule has 1 heterocycles. The number of fused-ring (bicyclic) bond motifs is 1. The molecule has 0 atom stereocenters. The molecule has 0 bridgehead atoms. The minimum Gasteiger partial charge on any atom is -0.411 e. The second-order valence-corrected chi connectivity index (χ2v) is 4.27. The van der Waals surface area contributed by atoms with E-state index in [0.29, 0.717) is 11.8 Å². The Hall–Kier alpha value is -1.84. The molecular weight excluding hydrogens is 202 g/mol. The van der Waals surface area contributed by atoms with Gasteiger partial charge >= 0.3 is 0 Å². The molecule has 0 amide bonds. The molecule has 4 heteroatoms. The Morgan fingerprint density at radius 2 is 2.31 bits per heavy atom. The van der Waals surface area contributed by atoms with Gasteiger partial charge in [0.05, 0.1) is 23.1 Å². The molecule has 1 fully saturated rings. The first-order chi connectivity index (χ1) is 7.79. The van der Waals surface area contributed by atoms with Gasteiger partial charge in [-0.2, -0.15) is 0 Å². The van der Waals surface area contributed by atoms with E-state index in [1.54, 1.807) is 6.92 Å². The third-order valence-corrected chi connectivity index (χ3v) is 3.08. The monoisotopic (exact) mass is 215 g/mol. The van der Waals surface area contributed by atoms with Crippen LogP contribution in [0, 0.1) is 0 Å². The van der Waals surface area contributed by atoms with Crippen molar-refractivity contribution in [3.8, 4) is 0 Å². The van der Waals surface area contributed by atoms with Gasteiger partial charge in [-0.15, -0.1) is 0 Å². The van der Waals surface area contributed by atoms with Crippen LogP contribution >= 0.6 is 0 Å². The van der Waals surface area contributed by atoms with E-state index >= 15 is 0 Å². The smallest absolute Gasteiger partial charge is 0.0960 e. The second kappa shape index (κ2) is 3.33. The highest BCUT2D eigenvalue weighted by Crippen LogP contribution is 2.37. The number of imidazole rings is 1. The fourth-order valence-electron chi connectivity index (χ4n) is 1.96. The van der Waals surface area contributed by atoms with Crippen molar-refractivity contribution < 1.29 is 5.21 Å². The van der Waals surface area contributed by atoms with Crippen molar-refractivity contribution >= 4 is 16.7 Å². The van der Waals surface area contributed by atoms with Crippen LogP contribution in [-0.4, -0.2) is 20.5 Å². The van der Waals surface area contributed by atoms with Crippen LogP contribution in [0.3, 0.4) is 0 Å². The molecule has 1 N–H and O–H groups in total. The molecule has 0 radical (unpaired) electrons. The highest BCUT2D eigenvalue weighted by molar-refractivity contribution is 6.00. The number of benzene rings is 1. The number of hydrogen-bond acceptors (Lipinski definition) is 3. The maximum Gasteiger partial charge on any atom is 0.0960 e. The largest absolute Gasteiger partial charge is 0.411 e. The summed E-state index contributed by atoms with van der Waals surface area (Å²) in [7, 11) is 0. The van der Waals surface area contributed by atoms with E-state index < -0.39 is 0 Å². The van der Waals surface area contributed by atoms with Gasteiger partial charge in [-0.05, 0) is 31.9 Å². The lowest BCUT2D eigenvalue weighted by Gasteiger charge is -2.02. The minimum atomic E-state index is 0.614. The maximum atomic E-state index is 8.73. The summed E-state index contributed by atoms with van der Waals surface area (Å²) in [6.07, 6.45) is 4.41. The van der Waals surface area contributed by atoms with E-state index in [-0.39, 0.29) is 0 Å². The van der Waals surface area contributed by atoms with Gasteiger partial charge in [0.1, 0.15) is 0 Å². The lowest BCUT2D eigenvalue weighted by Crippen LogP contribution is -1.95. The Balaban J connectivity index is 2.12. The van der Waals surface area contributed by atoms with E-state index in [2.05, 4.69) is 14.7 Å². The van der Waals surface area contributed by atoms with Crippen LogP contribution in [0.25, 0.3) is 11.0 Å². The molecule has 0 unspecified atom stereocenters. The van der Waals surface area contributed by atoms with Gasteiger partial charge in [0.25, 0.3) is 0 Å². The summed E-state index contributed by atoms with van der Waals surface area (Å²) in [5.74, 6) is 0. The summed E-state index contributed by atoms with van der Waals surface area (Å²) in [4.78, 5) is 4.38. The molecular formula is C12H13N3O. The van der Waals surface area contributed by atoms with Crippen molar-refractivity contribution in [2.45, 2.75) is 25.8 Å². The van der Waals surface area contributed by atoms with E-state index in [0.717, 1.165) is 16.6 Å². The van der Waals surface area contributed by atoms with Crippen molar-refractivity contribution in [1.82, 2.24) is 9.55 Å². The average Bonchev–Trinajstić information content (AvgIpc) is 3.08. The van der Waals surface area contributed by atoms with Crippen LogP contribution in [-0.2, 0) is 0 Å². The van der Waals surface area contributed by atoms with E-state index in [4.69, 9.17) is 5.21 Å². The van der Waals surface area contributed by atoms with Crippen LogP contribution < -0.4 is 0 Å². The Morgan fingerprint density at radius 3 is 3.00 bits per heavy atom. The molecule has 16 heavy (non-hydrogen) atoms. The Morgan fingerprint density at radius 1 is 1.50 bits per heavy atom. The van der Waals surface area contributed by atoms with Gasteiger partial charge in [-0.3, -0.25) is 0 Å². The predicted molar refractivity (Wildman–Crippen MR) is 62.0 cm³/mol. The van der Waals surface area contributed by atoms with Gasteiger partial charge < -0.3 is 9.77 Å². The normalized spacial score (nSPS) is 16.9. The van der Waals surface area contributed by atoms with E-state index in [1.165, 1.54) is 12.8 Å². The number of rotatable bonds is 2. The predicted octanol–water partition coefficient (Wildman–Crippen LogP) is 2.57. The number of oxime groups is 1. The molecule has 1 aliphatic carbocycles. The lowest BCUT2D eigenvalue weighted by molar-refractivity contribution is 0.319. The molecule has 1 aromatic carbocycles. The Kier molecular flexibility index (Phi) is 1.96. The Bertz CT molecular complexity index is 567. The molecule has 2 aromatic rings. The fraction of sp³-hybridized carbons (Fsp3) is 0.333. The summed E-state index contributed by atoms with van der Waals surface area (Å²) < 4.78 is 2.23. The summed E-state index contributed by atoms with van der Waals surface area (Å²) in [5, 5.41) is 11.9. The molecule has 3 rings (SSSR count). The highest BCUT2D eigenvalue weighted by Gasteiger charge is 2.24. The molecule has 4 nitrogen and oxygen atoms in total. The van der Waals surface area contributed by atoms with Gasteiger partial charge in [0, 0.05) is 11.6 Å². The number of aromatic nitrogens is 2. The van der Waals surface area contributed by atoms with Gasteiger partial charge in [0.2, 0.25) is 0 Å². The van der Waals surface area contributed by atoms with Crippen molar-refractivity contribution in [3.05, 3.63) is 30.1 Å². The lowest BCUT2D eigenvalue weighted by atomic mass is 10.1. The minimum absolute atomic E-state index is 0.614. The zero-order valence-corrected chi connectivity index (χ0v) is 9.09. The summed E-state index contributed by atoms with van der Waals surface area (Å²) in [6, 6.07) is 6.62. The van der Waals surface area contributed by atoms with Crippen LogP contribution in [0.1, 0.15) is 31.4 Å². The zero-order valence-electron chi connectivity index (χ0n) is 9.09. The third-order valence-electron chi connectivity index (χ3n) is 3.08. The Labute approximate surface area is 93.2 Å². The molecule has 0 aliphatic heterocycles. The van der Waals surface area contributed by atoms with Crippen LogP contribution in [0.2, 0.25) is 0 Å². The van der Waals surface area contributed by atoms with Crippen molar-refractivity contribution in [3.63, 3.8) is 0 Å². The molecule has 1 aromatic heterocycles. The quantitative estimate of drug-likeness (QED) is 0.475. The van der Waals surface area contributed by atoms with Crippen molar-refractivity contribution in [2.24, 2.45) is 5.16 Å². The van der Waals surface area contributed by atoms with Gasteiger partial charge in [-0.1, -0.05) is 11.2 Å². The summed E-state index contributed by atoms with van der Waals surface area (Å²) in [5.41, 5.74) is 3.66. The maximum absolute atomic E-state index is 8.73. The molecule has 82 valence electrons. The first-order valence-corrected chi connectivity index (χ1v) is 5.45. The average molecular weight is 215 g/mol. The van der Waals surface area contributed by atoms with Gasteiger partial charge in [0.15, 0.2) is 0 Å². The second-order valence-electron chi connectivity index (χ2n) is 4.27. The topological polar surface area (TPSA) is 50.4 Å². The fourth-order valence-corrected chi connectivity index (χ4v) is 1.96. The van der Waals surface area contributed by atoms with E-state index in [1.807, 2.05) is 24.5 Å². The third kappa shape index (κ3) is 1.38. The molecule has 1 aliphatic rings. The number of nitrogens with zero attached hydrogens (tertiary/aromatic N) is 3. The summed E-state index contributed by atoms with van der Waals surface area (Å²) >= 11 is 0. The van der Waals surface area contributed by atoms with Crippen LogP contribution in [0.15, 0.2) is 29.7 Å². The highest BCUT2D eigenvalue weighted by atomic mass is 16.4. The standard InChI is InChI=1S/C12H13N3O/c1-8(14-16)9-2-5-12-11(6-9)13-7-15(12)10-3-4-10/h2,5-7,10,16H,3-4H2,1H3/b14-8-. The molecule has 1 saturated carbocycles. The summed E-state index contributed by atoms with van der Waals surface area (Å²) in [6.45, 7) is 1.78. The van der Waals surface area contributed by atoms with E-state index in [9.17, 15) is 0 Å². The van der Waals surface area contributed by atoms with Crippen LogP contribution in [0.4, 0.5) is 0 Å². The van der Waals surface area contributed by atoms with Crippen molar-refractivity contribution in [2.75, 3.05) is 0 Å². The van der Waals surface area contributed by atoms with Gasteiger partial charge in [-0.25, -0.2) is 4.98 Å².